The summed E-state index contributed by atoms with van der Waals surface area (Å²) < 4.78 is 1.16. The van der Waals surface area contributed by atoms with Crippen LogP contribution in [-0.2, 0) is 4.79 Å². The van der Waals surface area contributed by atoms with Gasteiger partial charge in [-0.3, -0.25) is 29.1 Å². The molecule has 0 unspecified atom stereocenters. The molecule has 3 N–H and O–H groups in total. The van der Waals surface area contributed by atoms with Crippen molar-refractivity contribution >= 4 is 40.8 Å². The molecular formula is C22H24ClN5O4. The number of nitrogens with zero attached hydrogens (tertiary/aromatic N) is 3. The molecule has 0 spiro atoms. The number of nitrogen functional groups attached to an aromatic ring is 1. The number of nitrogens with one attached hydrogen (secondary N) is 1. The van der Waals surface area contributed by atoms with Crippen LogP contribution in [0.15, 0.2) is 29.1 Å². The van der Waals surface area contributed by atoms with Gasteiger partial charge in [0.05, 0.1) is 27.5 Å². The Kier molecular flexibility index (Phi) is 5.24. The molecule has 9 nitrogen and oxygen atoms in total. The van der Waals surface area contributed by atoms with Crippen molar-refractivity contribution in [1.82, 2.24) is 14.8 Å². The topological polar surface area (TPSA) is 118 Å². The quantitative estimate of drug-likeness (QED) is 0.662. The van der Waals surface area contributed by atoms with Crippen LogP contribution < -0.4 is 21.5 Å². The molecule has 0 radical (unpaired) electrons. The predicted octanol–water partition coefficient (Wildman–Crippen LogP) is 1.65. The first-order valence-corrected chi connectivity index (χ1v) is 10.6. The summed E-state index contributed by atoms with van der Waals surface area (Å²) in [7, 11) is 0. The van der Waals surface area contributed by atoms with Gasteiger partial charge in [0.2, 0.25) is 5.91 Å². The average molecular weight is 458 g/mol. The third kappa shape index (κ3) is 3.62. The molecule has 1 aromatic carbocycles. The van der Waals surface area contributed by atoms with Crippen LogP contribution in [0.4, 0.5) is 11.5 Å². The van der Waals surface area contributed by atoms with Crippen LogP contribution in [0.5, 0.6) is 0 Å². The van der Waals surface area contributed by atoms with Crippen LogP contribution in [0.2, 0.25) is 5.02 Å². The molecule has 0 aliphatic carbocycles. The van der Waals surface area contributed by atoms with Crippen LogP contribution in [0, 0.1) is 5.41 Å². The summed E-state index contributed by atoms with van der Waals surface area (Å²) in [6, 6.07) is 6.16. The Morgan fingerprint density at radius 1 is 1.03 bits per heavy atom. The van der Waals surface area contributed by atoms with Crippen molar-refractivity contribution in [3.63, 3.8) is 0 Å². The van der Waals surface area contributed by atoms with E-state index in [1.807, 2.05) is 25.7 Å². The van der Waals surface area contributed by atoms with Gasteiger partial charge in [0, 0.05) is 37.7 Å². The van der Waals surface area contributed by atoms with E-state index in [0.717, 1.165) is 16.3 Å². The molecule has 32 heavy (non-hydrogen) atoms. The number of fused-ring (bicyclic) bond motifs is 1. The van der Waals surface area contributed by atoms with Gasteiger partial charge in [0.15, 0.2) is 0 Å². The third-order valence-electron chi connectivity index (χ3n) is 5.69. The number of carbonyl (C=O) groups is 3. The summed E-state index contributed by atoms with van der Waals surface area (Å²) in [6.07, 6.45) is 0. The highest BCUT2D eigenvalue weighted by Gasteiger charge is 2.32. The summed E-state index contributed by atoms with van der Waals surface area (Å²) in [4.78, 5) is 53.0. The minimum atomic E-state index is -0.640. The van der Waals surface area contributed by atoms with E-state index in [1.54, 1.807) is 18.2 Å². The molecule has 2 aliphatic heterocycles. The van der Waals surface area contributed by atoms with Crippen molar-refractivity contribution in [3.8, 4) is 5.69 Å². The normalized spacial score (nSPS) is 16.2. The summed E-state index contributed by atoms with van der Waals surface area (Å²) in [5.41, 5.74) is 6.24. The zero-order valence-electron chi connectivity index (χ0n) is 18.1. The third-order valence-corrected chi connectivity index (χ3v) is 5.99. The molecule has 1 aromatic heterocycles. The van der Waals surface area contributed by atoms with E-state index in [1.165, 1.54) is 0 Å². The first kappa shape index (κ1) is 21.9. The number of nitrogens with two attached hydrogens (primary N) is 1. The van der Waals surface area contributed by atoms with Crippen LogP contribution in [-0.4, -0.2) is 53.4 Å². The number of rotatable bonds is 2. The summed E-state index contributed by atoms with van der Waals surface area (Å²) >= 11 is 6.55. The molecule has 10 heteroatoms. The zero-order valence-corrected chi connectivity index (χ0v) is 18.8. The van der Waals surface area contributed by atoms with Gasteiger partial charge in [0.25, 0.3) is 17.4 Å². The Morgan fingerprint density at radius 2 is 1.69 bits per heavy atom. The molecule has 3 heterocycles. The number of carbonyl (C=O) groups excluding carboxylic acids is 3. The first-order chi connectivity index (χ1) is 15.0. The Morgan fingerprint density at radius 3 is 2.28 bits per heavy atom. The van der Waals surface area contributed by atoms with Crippen molar-refractivity contribution in [2.24, 2.45) is 5.41 Å². The van der Waals surface area contributed by atoms with Gasteiger partial charge < -0.3 is 15.5 Å². The molecule has 2 aliphatic rings. The Hall–Kier alpha value is -3.33. The lowest BCUT2D eigenvalue weighted by atomic mass is 9.94. The number of benzene rings is 1. The van der Waals surface area contributed by atoms with Gasteiger partial charge in [0.1, 0.15) is 5.82 Å². The van der Waals surface area contributed by atoms with E-state index in [4.69, 9.17) is 17.3 Å². The van der Waals surface area contributed by atoms with Crippen LogP contribution in [0.1, 0.15) is 41.5 Å². The van der Waals surface area contributed by atoms with Crippen LogP contribution in [0.3, 0.4) is 0 Å². The summed E-state index contributed by atoms with van der Waals surface area (Å²) in [5, 5.41) is 2.55. The van der Waals surface area contributed by atoms with Crippen LogP contribution >= 0.6 is 11.6 Å². The molecule has 4 rings (SSSR count). The maximum atomic E-state index is 12.6. The van der Waals surface area contributed by atoms with Crippen molar-refractivity contribution in [2.75, 3.05) is 36.8 Å². The van der Waals surface area contributed by atoms with Gasteiger partial charge in [-0.15, -0.1) is 0 Å². The molecule has 0 bridgehead atoms. The fourth-order valence-electron chi connectivity index (χ4n) is 4.06. The molecule has 0 saturated carbocycles. The van der Waals surface area contributed by atoms with Crippen molar-refractivity contribution in [3.05, 3.63) is 50.8 Å². The maximum absolute atomic E-state index is 12.6. The van der Waals surface area contributed by atoms with Crippen molar-refractivity contribution in [1.29, 1.82) is 0 Å². The number of hydrogen-bond acceptors (Lipinski definition) is 6. The number of amides is 3. The second-order valence-electron chi connectivity index (χ2n) is 8.94. The highest BCUT2D eigenvalue weighted by molar-refractivity contribution is 6.33. The number of aromatic nitrogens is 1. The Labute approximate surface area is 189 Å². The van der Waals surface area contributed by atoms with Gasteiger partial charge in [-0.25, -0.2) is 0 Å². The van der Waals surface area contributed by atoms with E-state index in [-0.39, 0.29) is 22.9 Å². The number of pyridine rings is 1. The number of imide groups is 1. The monoisotopic (exact) mass is 457 g/mol. The highest BCUT2D eigenvalue weighted by Crippen LogP contribution is 2.31. The predicted molar refractivity (Wildman–Crippen MR) is 122 cm³/mol. The van der Waals surface area contributed by atoms with E-state index >= 15 is 0 Å². The lowest BCUT2D eigenvalue weighted by Crippen LogP contribution is -2.51. The molecule has 0 atom stereocenters. The van der Waals surface area contributed by atoms with Gasteiger partial charge in [-0.1, -0.05) is 32.4 Å². The second kappa shape index (κ2) is 7.67. The standard InChI is InChI=1S/C22H24ClN5O4/c1-22(2,3)21(32)27-8-6-26(7-9-27)15-5-4-12(10-14(15)23)28-16(29)11-13-17(18(28)24)20(31)25-19(13)30/h4-5,10-11H,6-9,24H2,1-3H3,(H,25,30,31). The largest absolute Gasteiger partial charge is 0.384 e. The first-order valence-electron chi connectivity index (χ1n) is 10.2. The molecular weight excluding hydrogens is 434 g/mol. The van der Waals surface area contributed by atoms with E-state index in [2.05, 4.69) is 10.2 Å². The fraction of sp³-hybridized carbons (Fsp3) is 0.364. The number of hydrogen-bond donors (Lipinski definition) is 2. The lowest BCUT2D eigenvalue weighted by molar-refractivity contribution is -0.139. The van der Waals surface area contributed by atoms with E-state index in [0.29, 0.717) is 36.9 Å². The summed E-state index contributed by atoms with van der Waals surface area (Å²) in [5.74, 6) is -1.28. The second-order valence-corrected chi connectivity index (χ2v) is 9.35. The molecule has 1 fully saturated rings. The average Bonchev–Trinajstić information content (AvgIpc) is 3.00. The van der Waals surface area contributed by atoms with Gasteiger partial charge >= 0.3 is 0 Å². The van der Waals surface area contributed by atoms with Crippen molar-refractivity contribution < 1.29 is 14.4 Å². The van der Waals surface area contributed by atoms with Crippen LogP contribution in [0.25, 0.3) is 5.69 Å². The Balaban J connectivity index is 1.60. The lowest BCUT2D eigenvalue weighted by Gasteiger charge is -2.39. The van der Waals surface area contributed by atoms with Gasteiger partial charge in [-0.2, -0.15) is 0 Å². The molecule has 2 aromatic rings. The maximum Gasteiger partial charge on any atom is 0.262 e. The molecule has 3 amide bonds. The minimum absolute atomic E-state index is 0.0190. The Bertz CT molecular complexity index is 1210. The minimum Gasteiger partial charge on any atom is -0.384 e. The smallest absolute Gasteiger partial charge is 0.262 e. The van der Waals surface area contributed by atoms with E-state index < -0.39 is 22.8 Å². The number of halogens is 1. The zero-order chi connectivity index (χ0) is 23.4. The van der Waals surface area contributed by atoms with Gasteiger partial charge in [-0.05, 0) is 18.2 Å². The molecule has 168 valence electrons. The summed E-state index contributed by atoms with van der Waals surface area (Å²) in [6.45, 7) is 8.16. The number of anilines is 2. The SMILES string of the molecule is CC(C)(C)C(=O)N1CCN(c2ccc(-n3c(N)c4c(cc3=O)C(=O)NC4=O)cc2Cl)CC1. The van der Waals surface area contributed by atoms with Crippen molar-refractivity contribution in [2.45, 2.75) is 20.8 Å². The molecule has 1 saturated heterocycles. The fourth-order valence-corrected chi connectivity index (χ4v) is 4.36. The van der Waals surface area contributed by atoms with E-state index in [9.17, 15) is 19.2 Å². The highest BCUT2D eigenvalue weighted by atomic mass is 35.5. The number of piperazine rings is 1.